The number of nitrogens with one attached hydrogen (secondary N) is 3. The van der Waals surface area contributed by atoms with Crippen molar-refractivity contribution >= 4 is 17.8 Å². The van der Waals surface area contributed by atoms with E-state index in [4.69, 9.17) is 11.6 Å². The summed E-state index contributed by atoms with van der Waals surface area (Å²) in [5.74, 6) is 10.5. The Morgan fingerprint density at radius 3 is 2.52 bits per heavy atom. The van der Waals surface area contributed by atoms with Crippen molar-refractivity contribution in [3.8, 4) is 0 Å². The zero-order chi connectivity index (χ0) is 17.7. The third kappa shape index (κ3) is 7.52. The third-order valence-electron chi connectivity index (χ3n) is 2.84. The maximum Gasteiger partial charge on any atom is 0.147 e. The molecule has 128 valence electrons. The number of nitrogen functional groups attached to an aromatic ring is 1. The molecule has 0 radical (unpaired) electrons. The number of rotatable bonds is 7. The summed E-state index contributed by atoms with van der Waals surface area (Å²) in [6, 6.07) is 3.68. The zero-order valence-corrected chi connectivity index (χ0v) is 13.9. The molecule has 8 nitrogen and oxygen atoms in total. The van der Waals surface area contributed by atoms with Crippen LogP contribution < -0.4 is 33.6 Å². The lowest BCUT2D eigenvalue weighted by molar-refractivity contribution is -0.104. The van der Waals surface area contributed by atoms with Crippen LogP contribution in [0.3, 0.4) is 0 Å². The van der Waals surface area contributed by atoms with Gasteiger partial charge in [0, 0.05) is 35.1 Å². The quantitative estimate of drug-likeness (QED) is 0.181. The molecule has 0 atom stereocenters. The Balaban J connectivity index is 0.00000149. The van der Waals surface area contributed by atoms with Crippen molar-refractivity contribution in [2.24, 2.45) is 17.4 Å². The van der Waals surface area contributed by atoms with Gasteiger partial charge in [-0.1, -0.05) is 6.08 Å². The van der Waals surface area contributed by atoms with Crippen molar-refractivity contribution in [2.45, 2.75) is 20.3 Å². The van der Waals surface area contributed by atoms with Crippen molar-refractivity contribution in [1.29, 1.82) is 0 Å². The second-order valence-electron chi connectivity index (χ2n) is 4.51. The Morgan fingerprint density at radius 2 is 2.04 bits per heavy atom. The minimum Gasteiger partial charge on any atom is -0.358 e. The molecule has 1 aromatic heterocycles. The number of hydrogen-bond acceptors (Lipinski definition) is 8. The van der Waals surface area contributed by atoms with E-state index in [2.05, 4.69) is 27.0 Å². The molecule has 9 N–H and O–H groups in total. The molecular formula is C15H27N7O. The van der Waals surface area contributed by atoms with Crippen LogP contribution in [0.4, 0.5) is 5.82 Å². The van der Waals surface area contributed by atoms with Gasteiger partial charge in [-0.15, -0.1) is 0 Å². The van der Waals surface area contributed by atoms with Crippen molar-refractivity contribution < 1.29 is 4.79 Å². The topological polar surface area (TPSA) is 144 Å². The first-order valence-electron chi connectivity index (χ1n) is 7.16. The van der Waals surface area contributed by atoms with Crippen LogP contribution in [0, 0.1) is 0 Å². The van der Waals surface area contributed by atoms with Crippen LogP contribution in [0.1, 0.15) is 25.8 Å². The maximum absolute atomic E-state index is 10.9. The highest BCUT2D eigenvalue weighted by Crippen LogP contribution is 2.17. The highest BCUT2D eigenvalue weighted by Gasteiger charge is 2.07. The van der Waals surface area contributed by atoms with Gasteiger partial charge >= 0.3 is 0 Å². The van der Waals surface area contributed by atoms with Gasteiger partial charge in [-0.05, 0) is 39.6 Å². The van der Waals surface area contributed by atoms with Crippen LogP contribution in [-0.2, 0) is 4.79 Å². The lowest BCUT2D eigenvalue weighted by Crippen LogP contribution is -2.18. The summed E-state index contributed by atoms with van der Waals surface area (Å²) in [4.78, 5) is 15.0. The van der Waals surface area contributed by atoms with Crippen LogP contribution in [0.5, 0.6) is 0 Å². The van der Waals surface area contributed by atoms with Crippen molar-refractivity contribution in [1.82, 2.24) is 15.7 Å². The van der Waals surface area contributed by atoms with E-state index < -0.39 is 0 Å². The van der Waals surface area contributed by atoms with Gasteiger partial charge in [0.25, 0.3) is 0 Å². The monoisotopic (exact) mass is 321 g/mol. The Morgan fingerprint density at radius 1 is 1.39 bits per heavy atom. The van der Waals surface area contributed by atoms with Gasteiger partial charge in [0.05, 0.1) is 0 Å². The van der Waals surface area contributed by atoms with E-state index in [9.17, 15) is 4.79 Å². The minimum absolute atomic E-state index is 0.469. The smallest absolute Gasteiger partial charge is 0.147 e. The van der Waals surface area contributed by atoms with Gasteiger partial charge in [-0.2, -0.15) is 0 Å². The fraction of sp³-hybridized carbons (Fsp3) is 0.333. The first kappa shape index (κ1) is 20.7. The lowest BCUT2D eigenvalue weighted by Gasteiger charge is -2.16. The first-order chi connectivity index (χ1) is 11.1. The average molecular weight is 321 g/mol. The molecule has 0 amide bonds. The number of nitrogens with two attached hydrogens (primary N) is 3. The number of hydrogen-bond donors (Lipinski definition) is 6. The predicted molar refractivity (Wildman–Crippen MR) is 94.5 cm³/mol. The molecule has 1 heterocycles. The van der Waals surface area contributed by atoms with Crippen LogP contribution >= 0.6 is 0 Å². The van der Waals surface area contributed by atoms with Crippen molar-refractivity contribution in [3.63, 3.8) is 0 Å². The molecule has 8 heteroatoms. The summed E-state index contributed by atoms with van der Waals surface area (Å²) < 4.78 is 0. The van der Waals surface area contributed by atoms with E-state index in [1.165, 1.54) is 0 Å². The number of aromatic nitrogens is 1. The molecule has 0 spiro atoms. The Kier molecular flexibility index (Phi) is 11.1. The summed E-state index contributed by atoms with van der Waals surface area (Å²) in [7, 11) is 1.65. The molecule has 0 fully saturated rings. The van der Waals surface area contributed by atoms with Crippen molar-refractivity contribution in [3.05, 3.63) is 41.2 Å². The first-order valence-corrected chi connectivity index (χ1v) is 7.16. The predicted octanol–water partition coefficient (Wildman–Crippen LogP) is 0.219. The Bertz CT molecular complexity index is 540. The molecule has 0 unspecified atom stereocenters. The molecular weight excluding hydrogens is 294 g/mol. The minimum atomic E-state index is 0.469. The molecule has 0 aliphatic rings. The molecule has 1 rings (SSSR count). The van der Waals surface area contributed by atoms with Gasteiger partial charge in [-0.3, -0.25) is 16.1 Å². The van der Waals surface area contributed by atoms with E-state index in [0.29, 0.717) is 24.4 Å². The number of anilines is 1. The van der Waals surface area contributed by atoms with E-state index >= 15 is 0 Å². The molecule has 23 heavy (non-hydrogen) atoms. The van der Waals surface area contributed by atoms with Crippen LogP contribution in [0.15, 0.2) is 35.7 Å². The van der Waals surface area contributed by atoms with Gasteiger partial charge in [0.1, 0.15) is 12.1 Å². The number of carbonyl (C=O) groups excluding carboxylic acids is 1. The van der Waals surface area contributed by atoms with Crippen LogP contribution in [0.25, 0.3) is 5.70 Å². The fourth-order valence-electron chi connectivity index (χ4n) is 1.72. The SMILES string of the molecule is C/C=C(\N/C(CCN)=C(\C)C=O)c1ccnc(NN)c1.CNN. The number of pyridine rings is 1. The number of hydrazine groups is 2. The number of nitrogens with zero attached hydrogens (tertiary/aromatic N) is 1. The van der Waals surface area contributed by atoms with Gasteiger partial charge in [0.15, 0.2) is 0 Å². The van der Waals surface area contributed by atoms with Crippen LogP contribution in [0.2, 0.25) is 0 Å². The Labute approximate surface area is 137 Å². The summed E-state index contributed by atoms with van der Waals surface area (Å²) in [5, 5.41) is 3.26. The molecule has 0 aliphatic heterocycles. The van der Waals surface area contributed by atoms with Crippen molar-refractivity contribution in [2.75, 3.05) is 19.0 Å². The van der Waals surface area contributed by atoms with Crippen LogP contribution in [-0.4, -0.2) is 24.9 Å². The lowest BCUT2D eigenvalue weighted by atomic mass is 10.1. The Hall–Kier alpha value is -2.26. The normalized spacial score (nSPS) is 11.8. The second kappa shape index (κ2) is 12.3. The number of aldehydes is 1. The summed E-state index contributed by atoms with van der Waals surface area (Å²) >= 11 is 0. The highest BCUT2D eigenvalue weighted by molar-refractivity contribution is 5.75. The average Bonchev–Trinajstić information content (AvgIpc) is 2.58. The van der Waals surface area contributed by atoms with E-state index in [1.807, 2.05) is 25.1 Å². The largest absolute Gasteiger partial charge is 0.358 e. The van der Waals surface area contributed by atoms with E-state index in [-0.39, 0.29) is 0 Å². The third-order valence-corrected chi connectivity index (χ3v) is 2.84. The standard InChI is InChI=1S/C14H21N5O.CH6N2/c1-3-12(11-5-7-17-14(8-11)19-16)18-13(4-6-15)10(2)9-20;1-3-2/h3,5,7-9,18H,4,6,15-16H2,1-2H3,(H,17,19);3H,2H2,1H3/b12-3-,13-10+;. The van der Waals surface area contributed by atoms with Gasteiger partial charge < -0.3 is 16.5 Å². The van der Waals surface area contributed by atoms with Gasteiger partial charge in [0.2, 0.25) is 0 Å². The summed E-state index contributed by atoms with van der Waals surface area (Å²) in [6.45, 7) is 4.14. The second-order valence-corrected chi connectivity index (χ2v) is 4.51. The van der Waals surface area contributed by atoms with E-state index in [0.717, 1.165) is 23.2 Å². The fourth-order valence-corrected chi connectivity index (χ4v) is 1.72. The molecule has 1 aromatic rings. The number of carbonyl (C=O) groups is 1. The summed E-state index contributed by atoms with van der Waals surface area (Å²) in [5.41, 5.74) is 13.6. The molecule has 0 saturated carbocycles. The highest BCUT2D eigenvalue weighted by atomic mass is 16.1. The molecule has 0 aliphatic carbocycles. The molecule has 0 aromatic carbocycles. The number of allylic oxidation sites excluding steroid dienone is 2. The zero-order valence-electron chi connectivity index (χ0n) is 13.9. The summed E-state index contributed by atoms with van der Waals surface area (Å²) in [6.07, 6.45) is 5.01. The maximum atomic E-state index is 10.9. The van der Waals surface area contributed by atoms with E-state index in [1.54, 1.807) is 20.2 Å². The van der Waals surface area contributed by atoms with Gasteiger partial charge in [-0.25, -0.2) is 10.8 Å². The molecule has 0 bridgehead atoms. The molecule has 0 saturated heterocycles.